The summed E-state index contributed by atoms with van der Waals surface area (Å²) in [6.07, 6.45) is 5.30. The van der Waals surface area contributed by atoms with Crippen LogP contribution in [0.25, 0.3) is 0 Å². The van der Waals surface area contributed by atoms with E-state index in [0.717, 1.165) is 31.2 Å². The van der Waals surface area contributed by atoms with Crippen molar-refractivity contribution in [2.45, 2.75) is 50.8 Å². The van der Waals surface area contributed by atoms with E-state index in [1.54, 1.807) is 24.3 Å². The first kappa shape index (κ1) is 15.3. The molecule has 20 heavy (non-hydrogen) atoms. The Balaban J connectivity index is 1.96. The third kappa shape index (κ3) is 4.80. The van der Waals surface area contributed by atoms with Gasteiger partial charge in [-0.05, 0) is 42.9 Å². The molecule has 1 aromatic rings. The number of hydrogen-bond acceptors (Lipinski definition) is 3. The highest BCUT2D eigenvalue weighted by Crippen LogP contribution is 2.23. The first-order valence-corrected chi connectivity index (χ1v) is 8.94. The van der Waals surface area contributed by atoms with Gasteiger partial charge in [0.25, 0.3) is 0 Å². The van der Waals surface area contributed by atoms with Crippen LogP contribution in [0.3, 0.4) is 0 Å². The summed E-state index contributed by atoms with van der Waals surface area (Å²) in [5, 5.41) is 0. The molecule has 1 aromatic carbocycles. The molecule has 0 spiro atoms. The molecule has 2 atom stereocenters. The Bertz CT molecular complexity index is 543. The number of sulfonamides is 1. The zero-order chi connectivity index (χ0) is 14.6. The molecule has 0 bridgehead atoms. The van der Waals surface area contributed by atoms with Gasteiger partial charge in [-0.1, -0.05) is 31.9 Å². The second kappa shape index (κ2) is 6.59. The molecule has 1 saturated carbocycles. The molecular formula is C15H24N2O2S. The molecule has 0 aromatic heterocycles. The van der Waals surface area contributed by atoms with Crippen molar-refractivity contribution in [3.8, 4) is 0 Å². The summed E-state index contributed by atoms with van der Waals surface area (Å²) in [7, 11) is -3.29. The number of nitrogens with one attached hydrogen (secondary N) is 1. The van der Waals surface area contributed by atoms with Crippen molar-refractivity contribution in [2.75, 3.05) is 5.73 Å². The summed E-state index contributed by atoms with van der Waals surface area (Å²) in [5.41, 5.74) is 7.02. The zero-order valence-corrected chi connectivity index (χ0v) is 12.8. The quantitative estimate of drug-likeness (QED) is 0.663. The van der Waals surface area contributed by atoms with Gasteiger partial charge in [0, 0.05) is 11.7 Å². The lowest BCUT2D eigenvalue weighted by molar-refractivity contribution is 0.484. The highest BCUT2D eigenvalue weighted by atomic mass is 32.2. The van der Waals surface area contributed by atoms with Gasteiger partial charge in [-0.2, -0.15) is 0 Å². The second-order valence-electron chi connectivity index (χ2n) is 5.93. The molecule has 0 heterocycles. The monoisotopic (exact) mass is 296 g/mol. The summed E-state index contributed by atoms with van der Waals surface area (Å²) in [6.45, 7) is 2.24. The molecule has 0 amide bonds. The number of rotatable bonds is 4. The minimum atomic E-state index is -3.29. The van der Waals surface area contributed by atoms with Gasteiger partial charge in [-0.15, -0.1) is 0 Å². The fourth-order valence-electron chi connectivity index (χ4n) is 2.80. The SMILES string of the molecule is CC1CCCC(NS(=O)(=O)Cc2cccc(N)c2)CC1. The third-order valence-corrected chi connectivity index (χ3v) is 5.32. The van der Waals surface area contributed by atoms with Crippen LogP contribution in [0.4, 0.5) is 5.69 Å². The van der Waals surface area contributed by atoms with Gasteiger partial charge < -0.3 is 5.73 Å². The number of hydrogen-bond donors (Lipinski definition) is 2. The summed E-state index contributed by atoms with van der Waals surface area (Å²) in [5.74, 6) is 0.711. The maximum atomic E-state index is 12.2. The van der Waals surface area contributed by atoms with Crippen LogP contribution in [0, 0.1) is 5.92 Å². The van der Waals surface area contributed by atoms with Crippen LogP contribution in [0.1, 0.15) is 44.6 Å². The molecule has 2 rings (SSSR count). The largest absolute Gasteiger partial charge is 0.399 e. The van der Waals surface area contributed by atoms with E-state index in [-0.39, 0.29) is 11.8 Å². The zero-order valence-electron chi connectivity index (χ0n) is 12.0. The maximum absolute atomic E-state index is 12.2. The summed E-state index contributed by atoms with van der Waals surface area (Å²) in [4.78, 5) is 0. The summed E-state index contributed by atoms with van der Waals surface area (Å²) < 4.78 is 27.3. The Morgan fingerprint density at radius 1 is 1.25 bits per heavy atom. The highest BCUT2D eigenvalue weighted by Gasteiger charge is 2.21. The van der Waals surface area contributed by atoms with E-state index in [0.29, 0.717) is 11.6 Å². The second-order valence-corrected chi connectivity index (χ2v) is 7.69. The van der Waals surface area contributed by atoms with Gasteiger partial charge in [0.2, 0.25) is 10.0 Å². The molecular weight excluding hydrogens is 272 g/mol. The fraction of sp³-hybridized carbons (Fsp3) is 0.600. The molecule has 0 saturated heterocycles. The summed E-state index contributed by atoms with van der Waals surface area (Å²) >= 11 is 0. The maximum Gasteiger partial charge on any atom is 0.216 e. The van der Waals surface area contributed by atoms with Crippen LogP contribution >= 0.6 is 0 Å². The molecule has 1 fully saturated rings. The first-order chi connectivity index (χ1) is 9.44. The molecule has 0 aliphatic heterocycles. The van der Waals surface area contributed by atoms with Crippen molar-refractivity contribution in [2.24, 2.45) is 5.92 Å². The number of anilines is 1. The van der Waals surface area contributed by atoms with Crippen molar-refractivity contribution >= 4 is 15.7 Å². The Hall–Kier alpha value is -1.07. The van der Waals surface area contributed by atoms with Gasteiger partial charge in [-0.3, -0.25) is 0 Å². The lowest BCUT2D eigenvalue weighted by atomic mass is 10.0. The lowest BCUT2D eigenvalue weighted by Gasteiger charge is -2.16. The van der Waals surface area contributed by atoms with Gasteiger partial charge in [0.05, 0.1) is 5.75 Å². The minimum absolute atomic E-state index is 0.00406. The van der Waals surface area contributed by atoms with Crippen molar-refractivity contribution < 1.29 is 8.42 Å². The lowest BCUT2D eigenvalue weighted by Crippen LogP contribution is -2.35. The molecule has 1 aliphatic carbocycles. The molecule has 0 radical (unpaired) electrons. The Labute approximate surface area is 121 Å². The smallest absolute Gasteiger partial charge is 0.216 e. The van der Waals surface area contributed by atoms with Crippen molar-refractivity contribution in [1.29, 1.82) is 0 Å². The topological polar surface area (TPSA) is 72.2 Å². The Morgan fingerprint density at radius 2 is 2.05 bits per heavy atom. The Morgan fingerprint density at radius 3 is 2.80 bits per heavy atom. The molecule has 4 nitrogen and oxygen atoms in total. The van der Waals surface area contributed by atoms with Crippen LogP contribution in [0.15, 0.2) is 24.3 Å². The van der Waals surface area contributed by atoms with Gasteiger partial charge in [0.15, 0.2) is 0 Å². The minimum Gasteiger partial charge on any atom is -0.399 e. The van der Waals surface area contributed by atoms with Crippen LogP contribution in [0.2, 0.25) is 0 Å². The number of nitrogen functional groups attached to an aromatic ring is 1. The van der Waals surface area contributed by atoms with Crippen LogP contribution < -0.4 is 10.5 Å². The molecule has 2 unspecified atom stereocenters. The van der Waals surface area contributed by atoms with E-state index in [9.17, 15) is 8.42 Å². The van der Waals surface area contributed by atoms with Crippen molar-refractivity contribution in [3.05, 3.63) is 29.8 Å². The van der Waals surface area contributed by atoms with E-state index in [1.807, 2.05) is 0 Å². The van der Waals surface area contributed by atoms with E-state index in [1.165, 1.54) is 6.42 Å². The van der Waals surface area contributed by atoms with Gasteiger partial charge in [0.1, 0.15) is 0 Å². The molecule has 112 valence electrons. The first-order valence-electron chi connectivity index (χ1n) is 7.29. The average Bonchev–Trinajstić information content (AvgIpc) is 2.53. The predicted octanol–water partition coefficient (Wildman–Crippen LogP) is 2.66. The number of nitrogens with two attached hydrogens (primary N) is 1. The molecule has 1 aliphatic rings. The molecule has 3 N–H and O–H groups in total. The van der Waals surface area contributed by atoms with Gasteiger partial charge >= 0.3 is 0 Å². The molecule has 5 heteroatoms. The normalized spacial score (nSPS) is 24.2. The van der Waals surface area contributed by atoms with E-state index in [4.69, 9.17) is 5.73 Å². The highest BCUT2D eigenvalue weighted by molar-refractivity contribution is 7.88. The van der Waals surface area contributed by atoms with E-state index in [2.05, 4.69) is 11.6 Å². The fourth-order valence-corrected chi connectivity index (χ4v) is 4.25. The Kier molecular flexibility index (Phi) is 5.05. The predicted molar refractivity (Wildman–Crippen MR) is 82.7 cm³/mol. The summed E-state index contributed by atoms with van der Waals surface area (Å²) in [6, 6.07) is 7.15. The van der Waals surface area contributed by atoms with E-state index < -0.39 is 10.0 Å². The van der Waals surface area contributed by atoms with Crippen molar-refractivity contribution in [3.63, 3.8) is 0 Å². The van der Waals surface area contributed by atoms with Gasteiger partial charge in [-0.25, -0.2) is 13.1 Å². The standard InChI is InChI=1S/C15H24N2O2S/c1-12-4-2-7-15(9-8-12)17-20(18,19)11-13-5-3-6-14(16)10-13/h3,5-6,10,12,15,17H,2,4,7-9,11,16H2,1H3. The number of benzene rings is 1. The van der Waals surface area contributed by atoms with E-state index >= 15 is 0 Å². The van der Waals surface area contributed by atoms with Crippen LogP contribution in [-0.2, 0) is 15.8 Å². The van der Waals surface area contributed by atoms with Crippen molar-refractivity contribution in [1.82, 2.24) is 4.72 Å². The van der Waals surface area contributed by atoms with Crippen LogP contribution in [0.5, 0.6) is 0 Å². The average molecular weight is 296 g/mol. The third-order valence-electron chi connectivity index (χ3n) is 3.91. The van der Waals surface area contributed by atoms with Crippen LogP contribution in [-0.4, -0.2) is 14.5 Å².